The lowest BCUT2D eigenvalue weighted by molar-refractivity contribution is 0.229. The number of rotatable bonds is 4. The van der Waals surface area contributed by atoms with E-state index in [1.54, 1.807) is 0 Å². The second-order valence-corrected chi connectivity index (χ2v) is 6.03. The van der Waals surface area contributed by atoms with Crippen LogP contribution in [0.2, 0.25) is 0 Å². The fourth-order valence-corrected chi connectivity index (χ4v) is 3.83. The van der Waals surface area contributed by atoms with Gasteiger partial charge in [0.25, 0.3) is 0 Å². The quantitative estimate of drug-likeness (QED) is 0.844. The second-order valence-electron chi connectivity index (χ2n) is 4.48. The average Bonchev–Trinajstić information content (AvgIpc) is 2.24. The van der Waals surface area contributed by atoms with E-state index in [1.165, 1.54) is 24.2 Å². The van der Waals surface area contributed by atoms with Gasteiger partial charge in [0.15, 0.2) is 0 Å². The van der Waals surface area contributed by atoms with E-state index in [0.717, 1.165) is 12.5 Å². The first-order valence-electron chi connectivity index (χ1n) is 5.72. The first-order valence-corrected chi connectivity index (χ1v) is 6.54. The summed E-state index contributed by atoms with van der Waals surface area (Å²) in [5.74, 6) is 0.907. The Bertz CT molecular complexity index is 304. The molecule has 0 saturated heterocycles. The molecule has 1 aliphatic carbocycles. The molecule has 2 N–H and O–H groups in total. The van der Waals surface area contributed by atoms with Crippen LogP contribution >= 0.6 is 11.8 Å². The van der Waals surface area contributed by atoms with Crippen LogP contribution in [-0.4, -0.2) is 11.3 Å². The van der Waals surface area contributed by atoms with Crippen LogP contribution in [-0.2, 0) is 0 Å². The van der Waals surface area contributed by atoms with Gasteiger partial charge in [-0.1, -0.05) is 31.5 Å². The highest BCUT2D eigenvalue weighted by Gasteiger charge is 2.42. The topological polar surface area (TPSA) is 26.0 Å². The van der Waals surface area contributed by atoms with Gasteiger partial charge in [-0.3, -0.25) is 0 Å². The van der Waals surface area contributed by atoms with Crippen molar-refractivity contribution in [3.05, 3.63) is 30.3 Å². The largest absolute Gasteiger partial charge is 0.329 e. The molecule has 0 aromatic heterocycles. The van der Waals surface area contributed by atoms with Crippen molar-refractivity contribution < 1.29 is 0 Å². The van der Waals surface area contributed by atoms with Gasteiger partial charge in [0.1, 0.15) is 0 Å². The summed E-state index contributed by atoms with van der Waals surface area (Å²) in [6.45, 7) is 3.08. The third kappa shape index (κ3) is 2.37. The Morgan fingerprint density at radius 3 is 2.53 bits per heavy atom. The van der Waals surface area contributed by atoms with E-state index < -0.39 is 0 Å². The molecule has 1 aromatic carbocycles. The van der Waals surface area contributed by atoms with Crippen LogP contribution in [0.25, 0.3) is 0 Å². The van der Waals surface area contributed by atoms with Gasteiger partial charge in [-0.2, -0.15) is 0 Å². The molecule has 0 heterocycles. The molecule has 0 unspecified atom stereocenters. The molecule has 0 radical (unpaired) electrons. The average molecular weight is 221 g/mol. The summed E-state index contributed by atoms with van der Waals surface area (Å²) in [7, 11) is 0. The third-order valence-corrected chi connectivity index (χ3v) is 4.79. The first kappa shape index (κ1) is 11.0. The van der Waals surface area contributed by atoms with Crippen LogP contribution in [0.15, 0.2) is 35.2 Å². The Hall–Kier alpha value is -0.470. The van der Waals surface area contributed by atoms with Gasteiger partial charge >= 0.3 is 0 Å². The van der Waals surface area contributed by atoms with Crippen molar-refractivity contribution in [1.82, 2.24) is 0 Å². The summed E-state index contributed by atoms with van der Waals surface area (Å²) in [6, 6.07) is 10.6. The molecule has 1 aromatic rings. The standard InChI is InChI=1S/C13H19NS/c1-2-11-8-13(9-11,10-14)15-12-6-4-3-5-7-12/h3-7,11H,2,8-10,14H2,1H3. The lowest BCUT2D eigenvalue weighted by atomic mass is 9.73. The van der Waals surface area contributed by atoms with Crippen LogP contribution in [0, 0.1) is 5.92 Å². The minimum Gasteiger partial charge on any atom is -0.329 e. The van der Waals surface area contributed by atoms with E-state index in [0.29, 0.717) is 4.75 Å². The zero-order valence-electron chi connectivity index (χ0n) is 9.28. The molecular weight excluding hydrogens is 202 g/mol. The molecule has 82 valence electrons. The molecule has 1 fully saturated rings. The van der Waals surface area contributed by atoms with Crippen molar-refractivity contribution in [3.8, 4) is 0 Å². The maximum absolute atomic E-state index is 5.91. The lowest BCUT2D eigenvalue weighted by Crippen LogP contribution is -2.46. The van der Waals surface area contributed by atoms with E-state index in [1.807, 2.05) is 11.8 Å². The molecule has 0 aliphatic heterocycles. The van der Waals surface area contributed by atoms with E-state index in [4.69, 9.17) is 5.73 Å². The van der Waals surface area contributed by atoms with Gasteiger partial charge in [-0.15, -0.1) is 11.8 Å². The van der Waals surface area contributed by atoms with Crippen LogP contribution in [0.4, 0.5) is 0 Å². The van der Waals surface area contributed by atoms with Crippen molar-refractivity contribution in [3.63, 3.8) is 0 Å². The number of hydrogen-bond acceptors (Lipinski definition) is 2. The Kier molecular flexibility index (Phi) is 3.37. The molecule has 0 bridgehead atoms. The van der Waals surface area contributed by atoms with Crippen molar-refractivity contribution in [1.29, 1.82) is 0 Å². The van der Waals surface area contributed by atoms with E-state index in [9.17, 15) is 0 Å². The molecular formula is C13H19NS. The summed E-state index contributed by atoms with van der Waals surface area (Å²) >= 11 is 1.97. The van der Waals surface area contributed by atoms with Crippen LogP contribution in [0.5, 0.6) is 0 Å². The summed E-state index contributed by atoms with van der Waals surface area (Å²) in [5, 5.41) is 0. The monoisotopic (exact) mass is 221 g/mol. The van der Waals surface area contributed by atoms with Gasteiger partial charge in [0, 0.05) is 16.2 Å². The number of nitrogens with two attached hydrogens (primary N) is 1. The van der Waals surface area contributed by atoms with Gasteiger partial charge in [-0.25, -0.2) is 0 Å². The molecule has 0 atom stereocenters. The minimum atomic E-state index is 0.335. The molecule has 2 heteroatoms. The van der Waals surface area contributed by atoms with Gasteiger partial charge in [-0.05, 0) is 30.9 Å². The zero-order chi connectivity index (χ0) is 10.7. The number of thioether (sulfide) groups is 1. The molecule has 2 rings (SSSR count). The second kappa shape index (κ2) is 4.58. The molecule has 0 amide bonds. The van der Waals surface area contributed by atoms with Crippen molar-refractivity contribution in [2.45, 2.75) is 35.8 Å². The minimum absolute atomic E-state index is 0.335. The lowest BCUT2D eigenvalue weighted by Gasteiger charge is -2.46. The Balaban J connectivity index is 1.99. The fraction of sp³-hybridized carbons (Fsp3) is 0.538. The Labute approximate surface area is 96.4 Å². The molecule has 1 nitrogen and oxygen atoms in total. The Morgan fingerprint density at radius 1 is 1.33 bits per heavy atom. The predicted octanol–water partition coefficient (Wildman–Crippen LogP) is 3.30. The predicted molar refractivity (Wildman–Crippen MR) is 67.1 cm³/mol. The van der Waals surface area contributed by atoms with Gasteiger partial charge in [0.05, 0.1) is 0 Å². The third-order valence-electron chi connectivity index (χ3n) is 3.35. The molecule has 15 heavy (non-hydrogen) atoms. The normalized spacial score (nSPS) is 29.9. The van der Waals surface area contributed by atoms with Crippen LogP contribution < -0.4 is 5.73 Å². The Morgan fingerprint density at radius 2 is 2.00 bits per heavy atom. The summed E-state index contributed by atoms with van der Waals surface area (Å²) < 4.78 is 0.335. The highest BCUT2D eigenvalue weighted by Crippen LogP contribution is 2.51. The highest BCUT2D eigenvalue weighted by molar-refractivity contribution is 8.00. The van der Waals surface area contributed by atoms with Crippen molar-refractivity contribution in [2.24, 2.45) is 11.7 Å². The SMILES string of the molecule is CCC1CC(CN)(Sc2ccccc2)C1. The van der Waals surface area contributed by atoms with E-state index in [-0.39, 0.29) is 0 Å². The molecule has 1 saturated carbocycles. The molecule has 0 spiro atoms. The van der Waals surface area contributed by atoms with E-state index in [2.05, 4.69) is 37.3 Å². The smallest absolute Gasteiger partial charge is 0.0334 e. The maximum Gasteiger partial charge on any atom is 0.0334 e. The summed E-state index contributed by atoms with van der Waals surface area (Å²) in [5.41, 5.74) is 5.91. The van der Waals surface area contributed by atoms with Crippen molar-refractivity contribution >= 4 is 11.8 Å². The van der Waals surface area contributed by atoms with Gasteiger partial charge < -0.3 is 5.73 Å². The van der Waals surface area contributed by atoms with Crippen LogP contribution in [0.3, 0.4) is 0 Å². The summed E-state index contributed by atoms with van der Waals surface area (Å²) in [4.78, 5) is 1.36. The van der Waals surface area contributed by atoms with E-state index >= 15 is 0 Å². The van der Waals surface area contributed by atoms with Crippen LogP contribution in [0.1, 0.15) is 26.2 Å². The number of benzene rings is 1. The number of hydrogen-bond donors (Lipinski definition) is 1. The van der Waals surface area contributed by atoms with Gasteiger partial charge in [0.2, 0.25) is 0 Å². The highest BCUT2D eigenvalue weighted by atomic mass is 32.2. The fourth-order valence-electron chi connectivity index (χ4n) is 2.31. The maximum atomic E-state index is 5.91. The molecule has 1 aliphatic rings. The first-order chi connectivity index (χ1) is 7.28. The van der Waals surface area contributed by atoms with Crippen molar-refractivity contribution in [2.75, 3.05) is 6.54 Å². The summed E-state index contributed by atoms with van der Waals surface area (Å²) in [6.07, 6.45) is 3.89. The zero-order valence-corrected chi connectivity index (χ0v) is 10.1.